The second-order valence-corrected chi connectivity index (χ2v) is 5.46. The van der Waals surface area contributed by atoms with Gasteiger partial charge < -0.3 is 15.7 Å². The zero-order valence-electron chi connectivity index (χ0n) is 10.1. The fourth-order valence-electron chi connectivity index (χ4n) is 2.31. The normalized spacial score (nSPS) is 16.9. The van der Waals surface area contributed by atoms with Crippen LogP contribution in [-0.2, 0) is 11.4 Å². The minimum absolute atomic E-state index is 0.0109. The summed E-state index contributed by atoms with van der Waals surface area (Å²) in [5.74, 6) is -0.180. The van der Waals surface area contributed by atoms with E-state index >= 15 is 0 Å². The summed E-state index contributed by atoms with van der Waals surface area (Å²) in [7, 11) is 0. The predicted octanol–water partition coefficient (Wildman–Crippen LogP) is 1.64. The molecule has 1 fully saturated rings. The molecule has 0 aromatic heterocycles. The van der Waals surface area contributed by atoms with Crippen LogP contribution in [0, 0.1) is 5.92 Å². The molecule has 3 N–H and O–H groups in total. The third-order valence-corrected chi connectivity index (χ3v) is 4.07. The molecule has 2 rings (SSSR count). The topological polar surface area (TPSA) is 66.6 Å². The fourth-order valence-corrected chi connectivity index (χ4v) is 2.99. The van der Waals surface area contributed by atoms with E-state index in [0.29, 0.717) is 0 Å². The van der Waals surface area contributed by atoms with E-state index in [1.54, 1.807) is 0 Å². The first-order valence-electron chi connectivity index (χ1n) is 6.05. The Labute approximate surface area is 115 Å². The van der Waals surface area contributed by atoms with Gasteiger partial charge in [-0.15, -0.1) is 0 Å². The lowest BCUT2D eigenvalue weighted by Gasteiger charge is -2.33. The van der Waals surface area contributed by atoms with E-state index in [9.17, 15) is 4.79 Å². The number of carbonyl (C=O) groups excluding carboxylic acids is 1. The largest absolute Gasteiger partial charge is 0.392 e. The summed E-state index contributed by atoms with van der Waals surface area (Å²) < 4.78 is 0.978. The zero-order chi connectivity index (χ0) is 13.1. The third kappa shape index (κ3) is 2.84. The van der Waals surface area contributed by atoms with Crippen molar-refractivity contribution in [3.63, 3.8) is 0 Å². The van der Waals surface area contributed by atoms with E-state index in [0.717, 1.165) is 41.7 Å². The van der Waals surface area contributed by atoms with Gasteiger partial charge in [-0.3, -0.25) is 4.79 Å². The van der Waals surface area contributed by atoms with Crippen molar-refractivity contribution in [3.05, 3.63) is 28.2 Å². The van der Waals surface area contributed by atoms with Crippen LogP contribution in [0.1, 0.15) is 18.4 Å². The Hall–Kier alpha value is -1.07. The molecule has 1 aromatic carbocycles. The molecule has 1 aliphatic rings. The van der Waals surface area contributed by atoms with E-state index in [1.807, 2.05) is 18.2 Å². The van der Waals surface area contributed by atoms with E-state index < -0.39 is 0 Å². The SMILES string of the molecule is NC(=O)C1CCN(c2ccc(CO)cc2Br)CC1. The number of anilines is 1. The Morgan fingerprint density at radius 1 is 1.44 bits per heavy atom. The predicted molar refractivity (Wildman–Crippen MR) is 74.2 cm³/mol. The van der Waals surface area contributed by atoms with E-state index in [1.165, 1.54) is 0 Å². The number of piperidine rings is 1. The number of rotatable bonds is 3. The summed E-state index contributed by atoms with van der Waals surface area (Å²) in [6.07, 6.45) is 1.62. The number of nitrogens with zero attached hydrogens (tertiary/aromatic N) is 1. The number of benzene rings is 1. The Bertz CT molecular complexity index is 443. The highest BCUT2D eigenvalue weighted by atomic mass is 79.9. The summed E-state index contributed by atoms with van der Waals surface area (Å²) in [6.45, 7) is 1.72. The molecule has 5 heteroatoms. The number of halogens is 1. The molecule has 98 valence electrons. The first-order chi connectivity index (χ1) is 8.61. The van der Waals surface area contributed by atoms with Gasteiger partial charge >= 0.3 is 0 Å². The van der Waals surface area contributed by atoms with Crippen molar-refractivity contribution >= 4 is 27.5 Å². The number of nitrogens with two attached hydrogens (primary N) is 1. The standard InChI is InChI=1S/C13H17BrN2O2/c14-11-7-9(8-17)1-2-12(11)16-5-3-10(4-6-16)13(15)18/h1-2,7,10,17H,3-6,8H2,(H2,15,18). The first-order valence-corrected chi connectivity index (χ1v) is 6.84. The monoisotopic (exact) mass is 312 g/mol. The van der Waals surface area contributed by atoms with Gasteiger partial charge in [0.2, 0.25) is 5.91 Å². The highest BCUT2D eigenvalue weighted by Gasteiger charge is 2.24. The molecule has 1 amide bonds. The summed E-state index contributed by atoms with van der Waals surface area (Å²) in [4.78, 5) is 13.4. The van der Waals surface area contributed by atoms with Crippen LogP contribution in [0.4, 0.5) is 5.69 Å². The number of amides is 1. The van der Waals surface area contributed by atoms with Crippen molar-refractivity contribution in [2.45, 2.75) is 19.4 Å². The molecule has 4 nitrogen and oxygen atoms in total. The second-order valence-electron chi connectivity index (χ2n) is 4.61. The molecule has 0 atom stereocenters. The summed E-state index contributed by atoms with van der Waals surface area (Å²) >= 11 is 3.52. The van der Waals surface area contributed by atoms with Crippen LogP contribution in [0.3, 0.4) is 0 Å². The second kappa shape index (κ2) is 5.71. The number of aliphatic hydroxyl groups is 1. The Kier molecular flexibility index (Phi) is 4.24. The number of carbonyl (C=O) groups is 1. The number of hydrogen-bond donors (Lipinski definition) is 2. The van der Waals surface area contributed by atoms with Crippen molar-refractivity contribution < 1.29 is 9.90 Å². The molecule has 0 radical (unpaired) electrons. The van der Waals surface area contributed by atoms with Gasteiger partial charge in [0.05, 0.1) is 12.3 Å². The molecule has 0 bridgehead atoms. The molecule has 1 aliphatic heterocycles. The first kappa shape index (κ1) is 13.4. The fraction of sp³-hybridized carbons (Fsp3) is 0.462. The lowest BCUT2D eigenvalue weighted by molar-refractivity contribution is -0.122. The molecule has 0 saturated carbocycles. The Morgan fingerprint density at radius 2 is 2.11 bits per heavy atom. The third-order valence-electron chi connectivity index (χ3n) is 3.43. The summed E-state index contributed by atoms with van der Waals surface area (Å²) in [6, 6.07) is 5.84. The van der Waals surface area contributed by atoms with Crippen molar-refractivity contribution in [2.75, 3.05) is 18.0 Å². The minimum atomic E-state index is -0.190. The quantitative estimate of drug-likeness (QED) is 0.891. The molecule has 0 aliphatic carbocycles. The molecule has 18 heavy (non-hydrogen) atoms. The summed E-state index contributed by atoms with van der Waals surface area (Å²) in [5.41, 5.74) is 7.32. The van der Waals surface area contributed by atoms with Gasteiger partial charge in [-0.2, -0.15) is 0 Å². The molecule has 1 heterocycles. The highest BCUT2D eigenvalue weighted by molar-refractivity contribution is 9.10. The smallest absolute Gasteiger partial charge is 0.220 e. The van der Waals surface area contributed by atoms with Gasteiger partial charge in [-0.05, 0) is 46.5 Å². The van der Waals surface area contributed by atoms with Gasteiger partial charge in [0.1, 0.15) is 0 Å². The average Bonchev–Trinajstić information content (AvgIpc) is 2.38. The van der Waals surface area contributed by atoms with Gasteiger partial charge in [0.25, 0.3) is 0 Å². The Balaban J connectivity index is 2.07. The maximum Gasteiger partial charge on any atom is 0.220 e. The summed E-state index contributed by atoms with van der Waals surface area (Å²) in [5, 5.41) is 9.07. The number of hydrogen-bond acceptors (Lipinski definition) is 3. The van der Waals surface area contributed by atoms with Crippen molar-refractivity contribution in [2.24, 2.45) is 11.7 Å². The van der Waals surface area contributed by atoms with Crippen LogP contribution in [-0.4, -0.2) is 24.1 Å². The maximum absolute atomic E-state index is 11.1. The molecular weight excluding hydrogens is 296 g/mol. The van der Waals surface area contributed by atoms with Crippen LogP contribution in [0.5, 0.6) is 0 Å². The average molecular weight is 313 g/mol. The van der Waals surface area contributed by atoms with Crippen LogP contribution < -0.4 is 10.6 Å². The van der Waals surface area contributed by atoms with Gasteiger partial charge in [0, 0.05) is 23.5 Å². The maximum atomic E-state index is 11.1. The lowest BCUT2D eigenvalue weighted by Crippen LogP contribution is -2.38. The number of primary amides is 1. The van der Waals surface area contributed by atoms with Crippen LogP contribution in [0.2, 0.25) is 0 Å². The molecule has 0 unspecified atom stereocenters. The van der Waals surface area contributed by atoms with E-state index in [-0.39, 0.29) is 18.4 Å². The van der Waals surface area contributed by atoms with E-state index in [4.69, 9.17) is 10.8 Å². The Morgan fingerprint density at radius 3 is 2.61 bits per heavy atom. The van der Waals surface area contributed by atoms with Crippen LogP contribution >= 0.6 is 15.9 Å². The molecule has 0 spiro atoms. The van der Waals surface area contributed by atoms with E-state index in [2.05, 4.69) is 20.8 Å². The number of aliphatic hydroxyl groups excluding tert-OH is 1. The van der Waals surface area contributed by atoms with Crippen molar-refractivity contribution in [1.82, 2.24) is 0 Å². The van der Waals surface area contributed by atoms with Crippen molar-refractivity contribution in [3.8, 4) is 0 Å². The minimum Gasteiger partial charge on any atom is -0.392 e. The molecular formula is C13H17BrN2O2. The van der Waals surface area contributed by atoms with Gasteiger partial charge in [-0.25, -0.2) is 0 Å². The van der Waals surface area contributed by atoms with Gasteiger partial charge in [-0.1, -0.05) is 6.07 Å². The van der Waals surface area contributed by atoms with Crippen molar-refractivity contribution in [1.29, 1.82) is 0 Å². The highest BCUT2D eigenvalue weighted by Crippen LogP contribution is 2.30. The lowest BCUT2D eigenvalue weighted by atomic mass is 9.96. The molecule has 1 aromatic rings. The zero-order valence-corrected chi connectivity index (χ0v) is 11.7. The van der Waals surface area contributed by atoms with Crippen LogP contribution in [0.15, 0.2) is 22.7 Å². The van der Waals surface area contributed by atoms with Crippen LogP contribution in [0.25, 0.3) is 0 Å². The van der Waals surface area contributed by atoms with Gasteiger partial charge in [0.15, 0.2) is 0 Å². The molecule has 1 saturated heterocycles.